The normalized spacial score (nSPS) is 20.8. The summed E-state index contributed by atoms with van der Waals surface area (Å²) in [7, 11) is 0. The third kappa shape index (κ3) is 7.82. The molecular formula is C17H35N3O. The molecule has 2 atom stereocenters. The number of amides is 1. The van der Waals surface area contributed by atoms with E-state index in [1.807, 2.05) is 0 Å². The highest BCUT2D eigenvalue weighted by Crippen LogP contribution is 2.11. The Bertz CT molecular complexity index is 288. The van der Waals surface area contributed by atoms with Gasteiger partial charge in [0, 0.05) is 18.6 Å². The average Bonchev–Trinajstić information content (AvgIpc) is 2.45. The number of hydrogen-bond acceptors (Lipinski definition) is 3. The van der Waals surface area contributed by atoms with Crippen molar-refractivity contribution in [2.24, 2.45) is 5.92 Å². The standard InChI is InChI=1S/C17H35N3O/c1-5-11-20(16-7-6-10-18-12-16)13-17(21)19-15(4)9-8-14(2)3/h14-16,18H,5-13H2,1-4H3,(H,19,21). The quantitative estimate of drug-likeness (QED) is 0.687. The van der Waals surface area contributed by atoms with E-state index in [-0.39, 0.29) is 11.9 Å². The molecule has 0 aromatic carbocycles. The predicted octanol–water partition coefficient (Wildman–Crippen LogP) is 2.39. The minimum absolute atomic E-state index is 0.185. The molecule has 0 aromatic rings. The molecule has 0 aliphatic carbocycles. The fraction of sp³-hybridized carbons (Fsp3) is 0.941. The van der Waals surface area contributed by atoms with Crippen LogP contribution in [0.3, 0.4) is 0 Å². The smallest absolute Gasteiger partial charge is 0.234 e. The Kier molecular flexibility index (Phi) is 8.93. The predicted molar refractivity (Wildman–Crippen MR) is 89.4 cm³/mol. The highest BCUT2D eigenvalue weighted by Gasteiger charge is 2.22. The monoisotopic (exact) mass is 297 g/mol. The number of carbonyl (C=O) groups excluding carboxylic acids is 1. The van der Waals surface area contributed by atoms with Crippen molar-refractivity contribution in [2.45, 2.75) is 71.9 Å². The lowest BCUT2D eigenvalue weighted by Crippen LogP contribution is -2.50. The van der Waals surface area contributed by atoms with Gasteiger partial charge in [0.15, 0.2) is 0 Å². The van der Waals surface area contributed by atoms with Crippen LogP contribution in [-0.2, 0) is 4.79 Å². The lowest BCUT2D eigenvalue weighted by Gasteiger charge is -2.34. The Morgan fingerprint density at radius 1 is 1.33 bits per heavy atom. The van der Waals surface area contributed by atoms with Gasteiger partial charge in [-0.25, -0.2) is 0 Å². The van der Waals surface area contributed by atoms with Gasteiger partial charge in [-0.15, -0.1) is 0 Å². The first-order chi connectivity index (χ1) is 10.0. The molecular weight excluding hydrogens is 262 g/mol. The summed E-state index contributed by atoms with van der Waals surface area (Å²) in [6.45, 7) is 12.5. The Morgan fingerprint density at radius 2 is 2.10 bits per heavy atom. The van der Waals surface area contributed by atoms with Crippen molar-refractivity contribution >= 4 is 5.91 Å². The SMILES string of the molecule is CCCN(CC(=O)NC(C)CCC(C)C)C1CCCNC1. The first kappa shape index (κ1) is 18.4. The third-order valence-corrected chi connectivity index (χ3v) is 4.23. The number of carbonyl (C=O) groups is 1. The van der Waals surface area contributed by atoms with E-state index in [0.717, 1.165) is 32.5 Å². The molecule has 1 amide bonds. The van der Waals surface area contributed by atoms with Crippen LogP contribution in [0.1, 0.15) is 59.8 Å². The van der Waals surface area contributed by atoms with Gasteiger partial charge in [-0.3, -0.25) is 9.69 Å². The molecule has 1 aliphatic rings. The van der Waals surface area contributed by atoms with E-state index >= 15 is 0 Å². The molecule has 0 radical (unpaired) electrons. The van der Waals surface area contributed by atoms with E-state index in [1.54, 1.807) is 0 Å². The highest BCUT2D eigenvalue weighted by atomic mass is 16.2. The lowest BCUT2D eigenvalue weighted by atomic mass is 10.0. The van der Waals surface area contributed by atoms with Crippen molar-refractivity contribution in [1.29, 1.82) is 0 Å². The largest absolute Gasteiger partial charge is 0.353 e. The number of rotatable bonds is 9. The fourth-order valence-electron chi connectivity index (χ4n) is 2.98. The summed E-state index contributed by atoms with van der Waals surface area (Å²) in [5, 5.41) is 6.61. The third-order valence-electron chi connectivity index (χ3n) is 4.23. The first-order valence-corrected chi connectivity index (χ1v) is 8.77. The molecule has 0 spiro atoms. The molecule has 4 heteroatoms. The summed E-state index contributed by atoms with van der Waals surface area (Å²) in [5.74, 6) is 0.888. The Hall–Kier alpha value is -0.610. The minimum Gasteiger partial charge on any atom is -0.353 e. The molecule has 1 rings (SSSR count). The van der Waals surface area contributed by atoms with Crippen LogP contribution in [0.4, 0.5) is 0 Å². The molecule has 1 aliphatic heterocycles. The van der Waals surface area contributed by atoms with Crippen molar-refractivity contribution in [2.75, 3.05) is 26.2 Å². The van der Waals surface area contributed by atoms with Crippen LogP contribution in [-0.4, -0.2) is 49.1 Å². The first-order valence-electron chi connectivity index (χ1n) is 8.77. The number of piperidine rings is 1. The van der Waals surface area contributed by atoms with E-state index in [0.29, 0.717) is 18.5 Å². The Labute approximate surface area is 131 Å². The van der Waals surface area contributed by atoms with E-state index < -0.39 is 0 Å². The van der Waals surface area contributed by atoms with Gasteiger partial charge in [0.25, 0.3) is 0 Å². The van der Waals surface area contributed by atoms with Gasteiger partial charge in [0.2, 0.25) is 5.91 Å². The zero-order valence-corrected chi connectivity index (χ0v) is 14.5. The van der Waals surface area contributed by atoms with Gasteiger partial charge in [0.05, 0.1) is 6.54 Å². The molecule has 1 fully saturated rings. The molecule has 124 valence electrons. The van der Waals surface area contributed by atoms with Crippen molar-refractivity contribution in [3.05, 3.63) is 0 Å². The van der Waals surface area contributed by atoms with Gasteiger partial charge in [-0.05, 0) is 58.0 Å². The van der Waals surface area contributed by atoms with Crippen LogP contribution in [0.25, 0.3) is 0 Å². The Balaban J connectivity index is 2.37. The molecule has 21 heavy (non-hydrogen) atoms. The summed E-state index contributed by atoms with van der Waals surface area (Å²) in [6.07, 6.45) is 5.78. The molecule has 1 heterocycles. The van der Waals surface area contributed by atoms with Gasteiger partial charge in [-0.2, -0.15) is 0 Å². The van der Waals surface area contributed by atoms with Crippen LogP contribution < -0.4 is 10.6 Å². The highest BCUT2D eigenvalue weighted by molar-refractivity contribution is 5.78. The topological polar surface area (TPSA) is 44.4 Å². The summed E-state index contributed by atoms with van der Waals surface area (Å²) in [4.78, 5) is 14.6. The molecule has 2 N–H and O–H groups in total. The number of nitrogens with one attached hydrogen (secondary N) is 2. The van der Waals surface area contributed by atoms with Crippen molar-refractivity contribution < 1.29 is 4.79 Å². The second-order valence-corrected chi connectivity index (χ2v) is 6.91. The number of nitrogens with zero attached hydrogens (tertiary/aromatic N) is 1. The second kappa shape index (κ2) is 10.2. The molecule has 4 nitrogen and oxygen atoms in total. The molecule has 0 saturated carbocycles. The Morgan fingerprint density at radius 3 is 2.67 bits per heavy atom. The molecule has 2 unspecified atom stereocenters. The molecule has 0 aromatic heterocycles. The summed E-state index contributed by atoms with van der Waals surface area (Å²) >= 11 is 0. The van der Waals surface area contributed by atoms with Crippen molar-refractivity contribution in [3.63, 3.8) is 0 Å². The second-order valence-electron chi connectivity index (χ2n) is 6.91. The zero-order valence-electron chi connectivity index (χ0n) is 14.5. The summed E-state index contributed by atoms with van der Waals surface area (Å²) in [6, 6.07) is 0.809. The van der Waals surface area contributed by atoms with Crippen LogP contribution in [0.15, 0.2) is 0 Å². The maximum absolute atomic E-state index is 12.3. The van der Waals surface area contributed by atoms with Gasteiger partial charge >= 0.3 is 0 Å². The zero-order chi connectivity index (χ0) is 15.7. The van der Waals surface area contributed by atoms with E-state index in [9.17, 15) is 4.79 Å². The lowest BCUT2D eigenvalue weighted by molar-refractivity contribution is -0.123. The maximum atomic E-state index is 12.3. The average molecular weight is 297 g/mol. The van der Waals surface area contributed by atoms with E-state index in [2.05, 4.69) is 43.2 Å². The van der Waals surface area contributed by atoms with E-state index in [4.69, 9.17) is 0 Å². The van der Waals surface area contributed by atoms with Crippen molar-refractivity contribution in [3.8, 4) is 0 Å². The van der Waals surface area contributed by atoms with Crippen molar-refractivity contribution in [1.82, 2.24) is 15.5 Å². The van der Waals surface area contributed by atoms with Gasteiger partial charge in [0.1, 0.15) is 0 Å². The van der Waals surface area contributed by atoms with Crippen LogP contribution >= 0.6 is 0 Å². The van der Waals surface area contributed by atoms with Crippen LogP contribution in [0.5, 0.6) is 0 Å². The summed E-state index contributed by atoms with van der Waals surface area (Å²) < 4.78 is 0. The van der Waals surface area contributed by atoms with Crippen LogP contribution in [0, 0.1) is 5.92 Å². The van der Waals surface area contributed by atoms with Crippen LogP contribution in [0.2, 0.25) is 0 Å². The minimum atomic E-state index is 0.185. The molecule has 1 saturated heterocycles. The van der Waals surface area contributed by atoms with Gasteiger partial charge in [-0.1, -0.05) is 20.8 Å². The maximum Gasteiger partial charge on any atom is 0.234 e. The summed E-state index contributed by atoms with van der Waals surface area (Å²) in [5.41, 5.74) is 0. The van der Waals surface area contributed by atoms with E-state index in [1.165, 1.54) is 19.3 Å². The van der Waals surface area contributed by atoms with Gasteiger partial charge < -0.3 is 10.6 Å². The number of hydrogen-bond donors (Lipinski definition) is 2. The fourth-order valence-corrected chi connectivity index (χ4v) is 2.98. The molecule has 0 bridgehead atoms.